The molecule has 37 heavy (non-hydrogen) atoms. The molecule has 0 fully saturated rings. The van der Waals surface area contributed by atoms with E-state index in [1.807, 2.05) is 35.2 Å². The van der Waals surface area contributed by atoms with Gasteiger partial charge in [-0.25, -0.2) is 9.18 Å². The van der Waals surface area contributed by atoms with Gasteiger partial charge in [-0.2, -0.15) is 0 Å². The molecule has 9 heteroatoms. The standard InChI is InChI=1S/C28H28FN5O3/c1-32-26-18-31-24-8-6-19(20-5-4-10-30-17-20)15-22(24)27(26)34(28(32)35)21-7-9-25(23(29)16-21)33(11-13-36-2)12-14-37-3/h4-10,15-18H,11-14H2,1-3H3. The number of ether oxygens (including phenoxy) is 2. The van der Waals surface area contributed by atoms with Crippen LogP contribution in [0.5, 0.6) is 0 Å². The maximum absolute atomic E-state index is 15.5. The fourth-order valence-electron chi connectivity index (χ4n) is 4.60. The molecule has 0 unspecified atom stereocenters. The molecule has 3 aromatic heterocycles. The van der Waals surface area contributed by atoms with Crippen molar-refractivity contribution in [2.24, 2.45) is 7.05 Å². The molecule has 3 heterocycles. The number of rotatable bonds is 9. The predicted octanol–water partition coefficient (Wildman–Crippen LogP) is 4.18. The van der Waals surface area contributed by atoms with E-state index in [2.05, 4.69) is 9.97 Å². The number of benzene rings is 2. The van der Waals surface area contributed by atoms with E-state index >= 15 is 4.39 Å². The van der Waals surface area contributed by atoms with Gasteiger partial charge < -0.3 is 14.4 Å². The van der Waals surface area contributed by atoms with Gasteiger partial charge in [-0.1, -0.05) is 12.1 Å². The first-order valence-electron chi connectivity index (χ1n) is 12.0. The number of hydrogen-bond donors (Lipinski definition) is 0. The fraction of sp³-hybridized carbons (Fsp3) is 0.250. The van der Waals surface area contributed by atoms with Crippen molar-refractivity contribution < 1.29 is 13.9 Å². The van der Waals surface area contributed by atoms with Crippen molar-refractivity contribution >= 4 is 27.6 Å². The Kier molecular flexibility index (Phi) is 6.98. The first-order chi connectivity index (χ1) is 18.0. The number of aryl methyl sites for hydroxylation is 1. The lowest BCUT2D eigenvalue weighted by Crippen LogP contribution is -2.31. The third-order valence-electron chi connectivity index (χ3n) is 6.54. The summed E-state index contributed by atoms with van der Waals surface area (Å²) in [7, 11) is 4.92. The summed E-state index contributed by atoms with van der Waals surface area (Å²) in [6, 6.07) is 14.6. The van der Waals surface area contributed by atoms with Gasteiger partial charge in [0, 0.05) is 63.8 Å². The highest BCUT2D eigenvalue weighted by Gasteiger charge is 2.19. The van der Waals surface area contributed by atoms with E-state index in [-0.39, 0.29) is 5.69 Å². The van der Waals surface area contributed by atoms with Gasteiger partial charge in [0.1, 0.15) is 5.82 Å². The topological polar surface area (TPSA) is 74.4 Å². The molecule has 2 aromatic carbocycles. The van der Waals surface area contributed by atoms with Crippen molar-refractivity contribution in [2.75, 3.05) is 45.4 Å². The molecular formula is C28H28FN5O3. The second-order valence-electron chi connectivity index (χ2n) is 8.75. The summed E-state index contributed by atoms with van der Waals surface area (Å²) in [6.45, 7) is 1.92. The minimum absolute atomic E-state index is 0.279. The fourth-order valence-corrected chi connectivity index (χ4v) is 4.60. The van der Waals surface area contributed by atoms with Crippen molar-refractivity contribution in [2.45, 2.75) is 0 Å². The van der Waals surface area contributed by atoms with Gasteiger partial charge in [0.15, 0.2) is 0 Å². The molecule has 0 atom stereocenters. The van der Waals surface area contributed by atoms with Gasteiger partial charge in [0.05, 0.1) is 47.3 Å². The van der Waals surface area contributed by atoms with Crippen molar-refractivity contribution in [1.29, 1.82) is 0 Å². The van der Waals surface area contributed by atoms with E-state index in [0.29, 0.717) is 48.7 Å². The zero-order valence-electron chi connectivity index (χ0n) is 21.0. The molecule has 0 saturated heterocycles. The molecule has 0 aliphatic rings. The second kappa shape index (κ2) is 10.5. The third kappa shape index (κ3) is 4.59. The summed E-state index contributed by atoms with van der Waals surface area (Å²) in [6.07, 6.45) is 5.20. The minimum Gasteiger partial charge on any atom is -0.383 e. The summed E-state index contributed by atoms with van der Waals surface area (Å²) < 4.78 is 29.0. The van der Waals surface area contributed by atoms with Crippen LogP contribution in [-0.4, -0.2) is 59.6 Å². The predicted molar refractivity (Wildman–Crippen MR) is 143 cm³/mol. The van der Waals surface area contributed by atoms with Crippen molar-refractivity contribution in [1.82, 2.24) is 19.1 Å². The maximum Gasteiger partial charge on any atom is 0.333 e. The smallest absolute Gasteiger partial charge is 0.333 e. The molecule has 5 rings (SSSR count). The number of methoxy groups -OCH3 is 2. The third-order valence-corrected chi connectivity index (χ3v) is 6.54. The normalized spacial score (nSPS) is 11.5. The molecule has 0 bridgehead atoms. The van der Waals surface area contributed by atoms with Gasteiger partial charge in [0.2, 0.25) is 0 Å². The van der Waals surface area contributed by atoms with Crippen LogP contribution in [0.3, 0.4) is 0 Å². The summed E-state index contributed by atoms with van der Waals surface area (Å²) >= 11 is 0. The zero-order chi connectivity index (χ0) is 25.9. The summed E-state index contributed by atoms with van der Waals surface area (Å²) in [5.41, 5.74) is 4.56. The molecule has 0 radical (unpaired) electrons. The highest BCUT2D eigenvalue weighted by Crippen LogP contribution is 2.30. The Bertz CT molecular complexity index is 1610. The van der Waals surface area contributed by atoms with Crippen LogP contribution < -0.4 is 10.6 Å². The molecule has 0 N–H and O–H groups in total. The van der Waals surface area contributed by atoms with Crippen LogP contribution in [0.1, 0.15) is 0 Å². The Morgan fingerprint density at radius 3 is 2.43 bits per heavy atom. The SMILES string of the molecule is COCCN(CCOC)c1ccc(-n2c(=O)n(C)c3cnc4ccc(-c5cccnc5)cc4c32)cc1F. The Morgan fingerprint density at radius 1 is 0.973 bits per heavy atom. The Morgan fingerprint density at radius 2 is 1.76 bits per heavy atom. The van der Waals surface area contributed by atoms with Crippen LogP contribution in [0.2, 0.25) is 0 Å². The van der Waals surface area contributed by atoms with Crippen molar-refractivity contribution in [3.8, 4) is 16.8 Å². The molecule has 0 spiro atoms. The van der Waals surface area contributed by atoms with E-state index in [1.54, 1.807) is 56.6 Å². The number of pyridine rings is 2. The Hall–Kier alpha value is -4.08. The van der Waals surface area contributed by atoms with Crippen LogP contribution in [0.4, 0.5) is 10.1 Å². The van der Waals surface area contributed by atoms with Crippen LogP contribution in [0, 0.1) is 5.82 Å². The lowest BCUT2D eigenvalue weighted by molar-refractivity contribution is 0.190. The largest absolute Gasteiger partial charge is 0.383 e. The molecule has 0 saturated carbocycles. The monoisotopic (exact) mass is 501 g/mol. The summed E-state index contributed by atoms with van der Waals surface area (Å²) in [4.78, 5) is 24.1. The van der Waals surface area contributed by atoms with E-state index in [0.717, 1.165) is 22.0 Å². The summed E-state index contributed by atoms with van der Waals surface area (Å²) in [5, 5.41) is 0.794. The van der Waals surface area contributed by atoms with Crippen LogP contribution in [0.15, 0.2) is 71.9 Å². The van der Waals surface area contributed by atoms with Gasteiger partial charge in [0.25, 0.3) is 0 Å². The Balaban J connectivity index is 1.67. The van der Waals surface area contributed by atoms with Gasteiger partial charge in [-0.15, -0.1) is 0 Å². The maximum atomic E-state index is 15.5. The van der Waals surface area contributed by atoms with Crippen LogP contribution in [-0.2, 0) is 16.5 Å². The molecule has 0 aliphatic carbocycles. The zero-order valence-corrected chi connectivity index (χ0v) is 21.0. The van der Waals surface area contributed by atoms with E-state index < -0.39 is 5.82 Å². The number of aromatic nitrogens is 4. The first-order valence-corrected chi connectivity index (χ1v) is 12.0. The average molecular weight is 502 g/mol. The first kappa shape index (κ1) is 24.6. The number of hydrogen-bond acceptors (Lipinski definition) is 6. The number of halogens is 1. The number of fused-ring (bicyclic) bond motifs is 3. The lowest BCUT2D eigenvalue weighted by Gasteiger charge is -2.25. The molecule has 0 aliphatic heterocycles. The van der Waals surface area contributed by atoms with Crippen molar-refractivity contribution in [3.05, 3.63) is 83.4 Å². The van der Waals surface area contributed by atoms with E-state index in [9.17, 15) is 4.79 Å². The minimum atomic E-state index is -0.428. The number of imidazole rings is 1. The van der Waals surface area contributed by atoms with E-state index in [1.165, 1.54) is 10.6 Å². The molecule has 5 aromatic rings. The second-order valence-corrected chi connectivity index (χ2v) is 8.75. The lowest BCUT2D eigenvalue weighted by atomic mass is 10.0. The molecule has 190 valence electrons. The highest BCUT2D eigenvalue weighted by molar-refractivity contribution is 6.04. The quantitative estimate of drug-likeness (QED) is 0.302. The van der Waals surface area contributed by atoms with Gasteiger partial charge >= 0.3 is 5.69 Å². The molecule has 0 amide bonds. The van der Waals surface area contributed by atoms with Gasteiger partial charge in [-0.05, 0) is 35.9 Å². The number of anilines is 1. The highest BCUT2D eigenvalue weighted by atomic mass is 19.1. The summed E-state index contributed by atoms with van der Waals surface area (Å²) in [5.74, 6) is -0.428. The number of nitrogens with zero attached hydrogens (tertiary/aromatic N) is 5. The average Bonchev–Trinajstić information content (AvgIpc) is 3.19. The molecular weight excluding hydrogens is 473 g/mol. The van der Waals surface area contributed by atoms with E-state index in [4.69, 9.17) is 9.47 Å². The Labute approximate surface area is 213 Å². The van der Waals surface area contributed by atoms with Crippen LogP contribution >= 0.6 is 0 Å². The molecule has 8 nitrogen and oxygen atoms in total. The van der Waals surface area contributed by atoms with Crippen LogP contribution in [0.25, 0.3) is 38.8 Å². The van der Waals surface area contributed by atoms with Gasteiger partial charge in [-0.3, -0.25) is 19.1 Å². The van der Waals surface area contributed by atoms with Crippen molar-refractivity contribution in [3.63, 3.8) is 0 Å².